The number of hydrogen-bond acceptors (Lipinski definition) is 3. The van der Waals surface area contributed by atoms with Gasteiger partial charge in [0, 0.05) is 13.1 Å². The molecule has 0 amide bonds. The molecule has 3 rings (SSSR count). The second-order valence-corrected chi connectivity index (χ2v) is 5.77. The van der Waals surface area contributed by atoms with Crippen molar-refractivity contribution < 1.29 is 4.39 Å². The molecule has 2 unspecified atom stereocenters. The van der Waals surface area contributed by atoms with E-state index in [1.165, 1.54) is 19.3 Å². The summed E-state index contributed by atoms with van der Waals surface area (Å²) in [5.41, 5.74) is 12.5. The van der Waals surface area contributed by atoms with Crippen LogP contribution in [0.4, 0.5) is 21.5 Å². The first-order chi connectivity index (χ1) is 8.58. The third-order valence-corrected chi connectivity index (χ3v) is 4.67. The van der Waals surface area contributed by atoms with Gasteiger partial charge in [-0.25, -0.2) is 4.39 Å². The zero-order chi connectivity index (χ0) is 12.9. The fourth-order valence-corrected chi connectivity index (χ4v) is 3.54. The van der Waals surface area contributed by atoms with E-state index in [1.807, 2.05) is 4.90 Å². The molecule has 1 saturated carbocycles. The third kappa shape index (κ3) is 1.70. The molecular weight excluding hydrogens is 253 g/mol. The smallest absolute Gasteiger partial charge is 0.169 e. The highest BCUT2D eigenvalue weighted by Crippen LogP contribution is 2.43. The van der Waals surface area contributed by atoms with Crippen LogP contribution in [0.3, 0.4) is 0 Å². The molecule has 0 radical (unpaired) electrons. The lowest BCUT2D eigenvalue weighted by Gasteiger charge is -2.23. The van der Waals surface area contributed by atoms with Gasteiger partial charge in [0.2, 0.25) is 0 Å². The molecule has 0 spiro atoms. The summed E-state index contributed by atoms with van der Waals surface area (Å²) >= 11 is 5.87. The molecule has 1 aromatic carbocycles. The molecule has 1 aliphatic carbocycles. The van der Waals surface area contributed by atoms with E-state index in [0.29, 0.717) is 23.2 Å². The maximum Gasteiger partial charge on any atom is 0.169 e. The van der Waals surface area contributed by atoms with E-state index in [1.54, 1.807) is 6.07 Å². The molecule has 3 nitrogen and oxygen atoms in total. The summed E-state index contributed by atoms with van der Waals surface area (Å²) in [6, 6.07) is 1.55. The van der Waals surface area contributed by atoms with Gasteiger partial charge in [-0.2, -0.15) is 0 Å². The van der Waals surface area contributed by atoms with Crippen molar-refractivity contribution in [1.29, 1.82) is 0 Å². The van der Waals surface area contributed by atoms with Crippen molar-refractivity contribution in [2.45, 2.75) is 19.3 Å². The van der Waals surface area contributed by atoms with E-state index in [-0.39, 0.29) is 10.7 Å². The number of nitrogens with two attached hydrogens (primary N) is 2. The van der Waals surface area contributed by atoms with E-state index in [4.69, 9.17) is 23.1 Å². The van der Waals surface area contributed by atoms with Gasteiger partial charge in [-0.1, -0.05) is 18.0 Å². The summed E-state index contributed by atoms with van der Waals surface area (Å²) in [5.74, 6) is 0.884. The molecule has 18 heavy (non-hydrogen) atoms. The topological polar surface area (TPSA) is 55.3 Å². The molecule has 1 aliphatic heterocycles. The Kier molecular flexibility index (Phi) is 2.77. The van der Waals surface area contributed by atoms with Crippen LogP contribution >= 0.6 is 11.6 Å². The predicted octanol–water partition coefficient (Wildman–Crippen LogP) is 2.88. The van der Waals surface area contributed by atoms with Crippen LogP contribution in [0.15, 0.2) is 6.07 Å². The van der Waals surface area contributed by atoms with E-state index < -0.39 is 5.82 Å². The van der Waals surface area contributed by atoms with Crippen molar-refractivity contribution in [3.8, 4) is 0 Å². The zero-order valence-corrected chi connectivity index (χ0v) is 10.9. The summed E-state index contributed by atoms with van der Waals surface area (Å²) in [4.78, 5) is 2.03. The summed E-state index contributed by atoms with van der Waals surface area (Å²) in [6.07, 6.45) is 3.78. The Morgan fingerprint density at radius 1 is 1.17 bits per heavy atom. The van der Waals surface area contributed by atoms with E-state index in [2.05, 4.69) is 0 Å². The number of hydrogen-bond donors (Lipinski definition) is 2. The molecular formula is C13H17ClFN3. The lowest BCUT2D eigenvalue weighted by atomic mass is 10.0. The Morgan fingerprint density at radius 3 is 2.39 bits per heavy atom. The number of halogens is 2. The van der Waals surface area contributed by atoms with Gasteiger partial charge in [0.1, 0.15) is 5.02 Å². The van der Waals surface area contributed by atoms with Gasteiger partial charge in [0.05, 0.1) is 17.1 Å². The molecule has 2 atom stereocenters. The Bertz CT molecular complexity index is 480. The number of rotatable bonds is 1. The number of anilines is 3. The zero-order valence-electron chi connectivity index (χ0n) is 10.1. The maximum absolute atomic E-state index is 14.2. The van der Waals surface area contributed by atoms with Crippen molar-refractivity contribution in [2.75, 3.05) is 29.5 Å². The van der Waals surface area contributed by atoms with Gasteiger partial charge in [-0.3, -0.25) is 0 Å². The molecule has 4 N–H and O–H groups in total. The quantitative estimate of drug-likeness (QED) is 0.771. The number of nitrogens with zero attached hydrogens (tertiary/aromatic N) is 1. The van der Waals surface area contributed by atoms with Gasteiger partial charge >= 0.3 is 0 Å². The average molecular weight is 270 g/mol. The van der Waals surface area contributed by atoms with Crippen LogP contribution in [0.2, 0.25) is 5.02 Å². The van der Waals surface area contributed by atoms with E-state index in [0.717, 1.165) is 13.1 Å². The minimum absolute atomic E-state index is 0.0174. The Hall–Kier alpha value is -1.16. The van der Waals surface area contributed by atoms with Crippen molar-refractivity contribution in [2.24, 2.45) is 11.8 Å². The largest absolute Gasteiger partial charge is 0.397 e. The normalized spacial score (nSPS) is 26.7. The van der Waals surface area contributed by atoms with Crippen LogP contribution in [-0.2, 0) is 0 Å². The van der Waals surface area contributed by atoms with E-state index in [9.17, 15) is 4.39 Å². The van der Waals surface area contributed by atoms with Crippen LogP contribution in [0, 0.1) is 17.7 Å². The van der Waals surface area contributed by atoms with Crippen LogP contribution in [0.1, 0.15) is 19.3 Å². The van der Waals surface area contributed by atoms with Crippen LogP contribution < -0.4 is 16.4 Å². The Balaban J connectivity index is 1.96. The Morgan fingerprint density at radius 2 is 1.78 bits per heavy atom. The van der Waals surface area contributed by atoms with Gasteiger partial charge in [0.15, 0.2) is 5.82 Å². The highest BCUT2D eigenvalue weighted by molar-refractivity contribution is 6.33. The first-order valence-electron chi connectivity index (χ1n) is 6.36. The first-order valence-corrected chi connectivity index (χ1v) is 6.73. The van der Waals surface area contributed by atoms with Crippen LogP contribution in [-0.4, -0.2) is 13.1 Å². The number of benzene rings is 1. The highest BCUT2D eigenvalue weighted by Gasteiger charge is 2.37. The van der Waals surface area contributed by atoms with Crippen LogP contribution in [0.5, 0.6) is 0 Å². The lowest BCUT2D eigenvalue weighted by Crippen LogP contribution is -2.23. The van der Waals surface area contributed by atoms with E-state index >= 15 is 0 Å². The fourth-order valence-electron chi connectivity index (χ4n) is 3.40. The van der Waals surface area contributed by atoms with Crippen molar-refractivity contribution >= 4 is 28.7 Å². The summed E-state index contributed by atoms with van der Waals surface area (Å²) < 4.78 is 14.2. The highest BCUT2D eigenvalue weighted by atomic mass is 35.5. The third-order valence-electron chi connectivity index (χ3n) is 4.28. The van der Waals surface area contributed by atoms with Crippen LogP contribution in [0.25, 0.3) is 0 Å². The van der Waals surface area contributed by atoms with Crippen molar-refractivity contribution in [3.05, 3.63) is 16.9 Å². The lowest BCUT2D eigenvalue weighted by molar-refractivity contribution is 0.494. The molecule has 1 saturated heterocycles. The number of fused-ring (bicyclic) bond motifs is 1. The van der Waals surface area contributed by atoms with Gasteiger partial charge < -0.3 is 16.4 Å². The molecule has 0 bridgehead atoms. The monoisotopic (exact) mass is 269 g/mol. The molecule has 5 heteroatoms. The molecule has 2 fully saturated rings. The molecule has 0 aromatic heterocycles. The molecule has 1 heterocycles. The summed E-state index contributed by atoms with van der Waals surface area (Å²) in [7, 11) is 0. The predicted molar refractivity (Wildman–Crippen MR) is 73.3 cm³/mol. The SMILES string of the molecule is Nc1cc(N)c(N2CC3CCCC3C2)c(F)c1Cl. The summed E-state index contributed by atoms with van der Waals surface area (Å²) in [5, 5.41) is -0.0174. The standard InChI is InChI=1S/C13H17ClFN3/c14-11-9(16)4-10(17)13(12(11)15)18-5-7-2-1-3-8(7)6-18/h4,7-8H,1-3,5-6,16-17H2. The second kappa shape index (κ2) is 4.19. The summed E-state index contributed by atoms with van der Waals surface area (Å²) in [6.45, 7) is 1.76. The number of nitrogen functional groups attached to an aromatic ring is 2. The average Bonchev–Trinajstić information content (AvgIpc) is 2.86. The van der Waals surface area contributed by atoms with Gasteiger partial charge in [0.25, 0.3) is 0 Å². The molecule has 2 aliphatic rings. The first kappa shape index (κ1) is 11.9. The van der Waals surface area contributed by atoms with Crippen molar-refractivity contribution in [1.82, 2.24) is 0 Å². The minimum Gasteiger partial charge on any atom is -0.397 e. The second-order valence-electron chi connectivity index (χ2n) is 5.39. The van der Waals surface area contributed by atoms with Gasteiger partial charge in [-0.05, 0) is 30.7 Å². The maximum atomic E-state index is 14.2. The van der Waals surface area contributed by atoms with Gasteiger partial charge in [-0.15, -0.1) is 0 Å². The van der Waals surface area contributed by atoms with Crippen molar-refractivity contribution in [3.63, 3.8) is 0 Å². The molecule has 98 valence electrons. The Labute approximate surface area is 111 Å². The molecule has 1 aromatic rings. The minimum atomic E-state index is -0.478. The fraction of sp³-hybridized carbons (Fsp3) is 0.538.